The molecule has 0 spiro atoms. The van der Waals surface area contributed by atoms with Gasteiger partial charge in [-0.25, -0.2) is 4.79 Å². The van der Waals surface area contributed by atoms with Gasteiger partial charge in [-0.2, -0.15) is 0 Å². The number of benzene rings is 3. The van der Waals surface area contributed by atoms with Gasteiger partial charge in [-0.1, -0.05) is 66.6 Å². The van der Waals surface area contributed by atoms with Gasteiger partial charge in [0.15, 0.2) is 6.29 Å². The van der Waals surface area contributed by atoms with Crippen molar-refractivity contribution in [3.05, 3.63) is 120 Å². The number of aliphatic hydroxyl groups is 2. The number of methoxy groups -OCH3 is 1. The molecule has 60 heavy (non-hydrogen) atoms. The minimum Gasteiger partial charge on any atom is -0.496 e. The van der Waals surface area contributed by atoms with E-state index in [0.717, 1.165) is 48.7 Å². The van der Waals surface area contributed by atoms with E-state index in [2.05, 4.69) is 19.2 Å². The van der Waals surface area contributed by atoms with Gasteiger partial charge in [0.2, 0.25) is 5.79 Å². The predicted octanol–water partition coefficient (Wildman–Crippen LogP) is 8.78. The summed E-state index contributed by atoms with van der Waals surface area (Å²) in [6.07, 6.45) is 11.1. The number of aldehydes is 1. The number of oxime groups is 1. The monoisotopic (exact) mass is 822 g/mol. The molecule has 2 N–H and O–H groups in total. The minimum atomic E-state index is -1.43. The van der Waals surface area contributed by atoms with Crippen LogP contribution in [0.3, 0.4) is 0 Å². The van der Waals surface area contributed by atoms with Gasteiger partial charge < -0.3 is 43.6 Å². The lowest BCUT2D eigenvalue weighted by Gasteiger charge is -2.59. The number of unbranched alkanes of at least 4 members (excludes halogenated alkanes) is 2. The molecule has 0 unspecified atom stereocenters. The number of fused-ring (bicyclic) bond motifs is 2. The lowest BCUT2D eigenvalue weighted by molar-refractivity contribution is -0.253. The van der Waals surface area contributed by atoms with Gasteiger partial charge >= 0.3 is 6.09 Å². The summed E-state index contributed by atoms with van der Waals surface area (Å²) in [4.78, 5) is 33.5. The summed E-state index contributed by atoms with van der Waals surface area (Å²) in [7, 11) is 3.21. The molecule has 12 heteroatoms. The van der Waals surface area contributed by atoms with Gasteiger partial charge in [-0.05, 0) is 91.5 Å². The quantitative estimate of drug-likeness (QED) is 0.0437. The topological polar surface area (TPSA) is 146 Å². The molecular weight excluding hydrogens is 765 g/mol. The van der Waals surface area contributed by atoms with Crippen LogP contribution in [0, 0.1) is 17.8 Å². The lowest BCUT2D eigenvalue weighted by atomic mass is 9.55. The van der Waals surface area contributed by atoms with Crippen LogP contribution in [0.1, 0.15) is 78.8 Å². The standard InChI is InChI=1S/C48H58N2O10/c1-5-7-26-56-47(54)50(3)44-30-41(49-58-32-33-15-9-8-10-16-33)39-28-34(17-11-13-23-51)38(18-12-14-24-52)45-40-29-37(59-36-19-21-42(55-4)35(27-36)31-53)20-22-43(40)60-48(44,46(39)45)57-25-6-2/h5-6,8-10,15-16,19-22,27-29,31,34,38,44-46,51-52H,1-2,7,11-14,17-18,23-26,30,32H2,3-4H3/t34-,38+,44-,45+,46+,48+/m0/s1. The van der Waals surface area contributed by atoms with Crippen LogP contribution in [0.4, 0.5) is 4.79 Å². The van der Waals surface area contributed by atoms with Gasteiger partial charge in [0.25, 0.3) is 0 Å². The number of allylic oxidation sites excluding steroid dienone is 1. The van der Waals surface area contributed by atoms with Crippen LogP contribution in [-0.2, 0) is 20.9 Å². The Bertz CT molecular complexity index is 2000. The first-order chi connectivity index (χ1) is 29.3. The largest absolute Gasteiger partial charge is 0.496 e. The Morgan fingerprint density at radius 2 is 1.73 bits per heavy atom. The zero-order valence-corrected chi connectivity index (χ0v) is 34.7. The Kier molecular flexibility index (Phi) is 15.6. The minimum absolute atomic E-state index is 0.0198. The molecule has 12 nitrogen and oxygen atoms in total. The second-order valence-corrected chi connectivity index (χ2v) is 15.5. The Hall–Kier alpha value is -5.43. The maximum absolute atomic E-state index is 13.9. The molecule has 3 aliphatic rings. The first-order valence-electron chi connectivity index (χ1n) is 20.9. The smallest absolute Gasteiger partial charge is 0.409 e. The third-order valence-corrected chi connectivity index (χ3v) is 11.8. The molecule has 1 aliphatic heterocycles. The average Bonchev–Trinajstić information content (AvgIpc) is 3.27. The Morgan fingerprint density at radius 3 is 2.45 bits per heavy atom. The van der Waals surface area contributed by atoms with Gasteiger partial charge in [0, 0.05) is 38.2 Å². The van der Waals surface area contributed by atoms with Gasteiger partial charge in [0.1, 0.15) is 35.6 Å². The van der Waals surface area contributed by atoms with E-state index in [-0.39, 0.29) is 57.2 Å². The fourth-order valence-electron chi connectivity index (χ4n) is 9.01. The van der Waals surface area contributed by atoms with Crippen LogP contribution in [0.15, 0.2) is 109 Å². The number of amides is 1. The number of rotatable bonds is 22. The average molecular weight is 823 g/mol. The van der Waals surface area contributed by atoms with Gasteiger partial charge in [-0.15, -0.1) is 13.2 Å². The van der Waals surface area contributed by atoms with E-state index in [4.69, 9.17) is 33.7 Å². The summed E-state index contributed by atoms with van der Waals surface area (Å²) < 4.78 is 31.7. The first kappa shape index (κ1) is 44.1. The summed E-state index contributed by atoms with van der Waals surface area (Å²) in [6, 6.07) is 19.9. The van der Waals surface area contributed by atoms with Crippen LogP contribution in [0.5, 0.6) is 23.0 Å². The van der Waals surface area contributed by atoms with Gasteiger partial charge in [-0.3, -0.25) is 4.79 Å². The third-order valence-electron chi connectivity index (χ3n) is 11.8. The van der Waals surface area contributed by atoms with Crippen LogP contribution >= 0.6 is 0 Å². The van der Waals surface area contributed by atoms with Crippen LogP contribution in [-0.4, -0.2) is 85.6 Å². The van der Waals surface area contributed by atoms with Crippen molar-refractivity contribution >= 4 is 18.1 Å². The van der Waals surface area contributed by atoms with Crippen molar-refractivity contribution in [3.8, 4) is 23.0 Å². The Morgan fingerprint density at radius 1 is 0.983 bits per heavy atom. The van der Waals surface area contributed by atoms with Crippen molar-refractivity contribution in [2.45, 2.75) is 75.7 Å². The molecule has 0 saturated heterocycles. The molecule has 1 saturated carbocycles. The molecule has 1 heterocycles. The number of likely N-dealkylation sites (N-methyl/N-ethyl adjacent to an activating group) is 1. The fourth-order valence-corrected chi connectivity index (χ4v) is 9.01. The van der Waals surface area contributed by atoms with Crippen LogP contribution < -0.4 is 14.2 Å². The fraction of sp³-hybridized carbons (Fsp3) is 0.438. The van der Waals surface area contributed by atoms with E-state index < -0.39 is 23.8 Å². The number of ether oxygens (including phenoxy) is 5. The van der Waals surface area contributed by atoms with E-state index in [1.54, 1.807) is 42.3 Å². The molecular formula is C48H58N2O10. The molecule has 1 fully saturated rings. The molecule has 0 bridgehead atoms. The number of nitrogens with zero attached hydrogens (tertiary/aromatic N) is 2. The highest BCUT2D eigenvalue weighted by Gasteiger charge is 2.65. The van der Waals surface area contributed by atoms with Crippen LogP contribution in [0.2, 0.25) is 0 Å². The molecule has 6 atom stereocenters. The molecule has 320 valence electrons. The molecule has 0 aromatic heterocycles. The van der Waals surface area contributed by atoms with E-state index >= 15 is 0 Å². The zero-order valence-electron chi connectivity index (χ0n) is 34.7. The first-order valence-corrected chi connectivity index (χ1v) is 20.9. The predicted molar refractivity (Wildman–Crippen MR) is 229 cm³/mol. The van der Waals surface area contributed by atoms with E-state index in [9.17, 15) is 19.8 Å². The van der Waals surface area contributed by atoms with Crippen molar-refractivity contribution in [1.82, 2.24) is 4.90 Å². The van der Waals surface area contributed by atoms with Crippen molar-refractivity contribution in [2.24, 2.45) is 22.9 Å². The van der Waals surface area contributed by atoms with Gasteiger partial charge in [0.05, 0.1) is 37.5 Å². The van der Waals surface area contributed by atoms with Crippen molar-refractivity contribution in [3.63, 3.8) is 0 Å². The third kappa shape index (κ3) is 9.78. The van der Waals surface area contributed by atoms with E-state index in [1.165, 1.54) is 7.11 Å². The number of hydrogen-bond donors (Lipinski definition) is 2. The Balaban J connectivity index is 1.54. The number of hydrogen-bond acceptors (Lipinski definition) is 11. The van der Waals surface area contributed by atoms with Crippen molar-refractivity contribution < 1.29 is 48.3 Å². The normalized spacial score (nSPS) is 23.2. The summed E-state index contributed by atoms with van der Waals surface area (Å²) in [6.45, 7) is 8.45. The number of carbonyl (C=O) groups is 2. The van der Waals surface area contributed by atoms with Crippen molar-refractivity contribution in [1.29, 1.82) is 0 Å². The SMILES string of the molecule is C=CCCOC(=O)N(C)[C@H]1CC(=NOCc2ccccc2)C2=C[C@H](CCCCO)[C@@H](CCCCO)[C@@H]3c4cc(Oc5ccc(OC)c(C=O)c5)ccc4O[C@@]1(OCC=C)[C@H]23. The summed E-state index contributed by atoms with van der Waals surface area (Å²) in [5.41, 5.74) is 3.81. The highest BCUT2D eigenvalue weighted by molar-refractivity contribution is 6.03. The zero-order chi connectivity index (χ0) is 42.5. The second-order valence-electron chi connectivity index (χ2n) is 15.5. The molecule has 6 rings (SSSR count). The molecule has 1 amide bonds. The second kappa shape index (κ2) is 21.2. The Labute approximate surface area is 353 Å². The molecule has 2 aliphatic carbocycles. The highest BCUT2D eigenvalue weighted by Crippen LogP contribution is 2.62. The van der Waals surface area contributed by atoms with E-state index in [0.29, 0.717) is 53.5 Å². The summed E-state index contributed by atoms with van der Waals surface area (Å²) in [5.74, 6) is -0.0916. The van der Waals surface area contributed by atoms with E-state index in [1.807, 2.05) is 48.5 Å². The molecule has 3 aromatic rings. The molecule has 0 radical (unpaired) electrons. The maximum atomic E-state index is 13.9. The maximum Gasteiger partial charge on any atom is 0.409 e. The number of carbonyl (C=O) groups excluding carboxylic acids is 2. The lowest BCUT2D eigenvalue weighted by Crippen LogP contribution is -2.69. The molecule has 3 aromatic carbocycles. The highest BCUT2D eigenvalue weighted by atomic mass is 16.7. The summed E-state index contributed by atoms with van der Waals surface area (Å²) >= 11 is 0. The summed E-state index contributed by atoms with van der Waals surface area (Å²) in [5, 5.41) is 24.6. The van der Waals surface area contributed by atoms with Crippen LogP contribution in [0.25, 0.3) is 0 Å². The number of aliphatic hydroxyl groups excluding tert-OH is 2. The van der Waals surface area contributed by atoms with Crippen molar-refractivity contribution in [2.75, 3.05) is 40.6 Å².